The lowest BCUT2D eigenvalue weighted by Gasteiger charge is -2.33. The van der Waals surface area contributed by atoms with E-state index in [4.69, 9.17) is 4.74 Å². The van der Waals surface area contributed by atoms with Crippen molar-refractivity contribution in [3.63, 3.8) is 0 Å². The van der Waals surface area contributed by atoms with Crippen LogP contribution in [0.4, 0.5) is 0 Å². The van der Waals surface area contributed by atoms with Crippen molar-refractivity contribution in [1.82, 2.24) is 0 Å². The minimum Gasteiger partial charge on any atom is -0.462 e. The summed E-state index contributed by atoms with van der Waals surface area (Å²) in [5.41, 5.74) is 9.92. The highest BCUT2D eigenvalue weighted by molar-refractivity contribution is 6.94. The molecule has 0 fully saturated rings. The van der Waals surface area contributed by atoms with E-state index < -0.39 is 8.07 Å². The van der Waals surface area contributed by atoms with Crippen molar-refractivity contribution in [3.8, 4) is 0 Å². The molecule has 0 radical (unpaired) electrons. The summed E-state index contributed by atoms with van der Waals surface area (Å²) in [7, 11) is -1.71. The lowest BCUT2D eigenvalue weighted by molar-refractivity contribution is 0.0526. The van der Waals surface area contributed by atoms with E-state index >= 15 is 0 Å². The minimum atomic E-state index is -1.71. The Hall–Kier alpha value is -3.17. The Balaban J connectivity index is 1.78. The maximum atomic E-state index is 12.2. The number of ether oxygens (including phenoxy) is 1. The molecular weight excluding hydrogens is 492 g/mol. The molecule has 0 unspecified atom stereocenters. The van der Waals surface area contributed by atoms with Crippen molar-refractivity contribution < 1.29 is 9.53 Å². The summed E-state index contributed by atoms with van der Waals surface area (Å²) in [4.78, 5) is 12.2. The third kappa shape index (κ3) is 6.36. The van der Waals surface area contributed by atoms with Gasteiger partial charge in [-0.3, -0.25) is 0 Å². The second-order valence-corrected chi connectivity index (χ2v) is 18.5. The largest absolute Gasteiger partial charge is 0.462 e. The van der Waals surface area contributed by atoms with Crippen LogP contribution in [0.5, 0.6) is 0 Å². The monoisotopic (exact) mass is 536 g/mol. The third-order valence-corrected chi connectivity index (χ3v) is 9.82. The summed E-state index contributed by atoms with van der Waals surface area (Å²) in [6.45, 7) is 20.8. The fraction of sp³-hybridized carbons (Fsp3) is 0.361. The van der Waals surface area contributed by atoms with Gasteiger partial charge in [-0.2, -0.15) is 0 Å². The van der Waals surface area contributed by atoms with Gasteiger partial charge in [-0.15, -0.1) is 0 Å². The maximum Gasteiger partial charge on any atom is 0.338 e. The summed E-state index contributed by atoms with van der Waals surface area (Å²) in [6.07, 6.45) is 5.82. The lowest BCUT2D eigenvalue weighted by atomic mass is 9.71. The Bertz CT molecular complexity index is 1410. The Morgan fingerprint density at radius 1 is 0.923 bits per heavy atom. The van der Waals surface area contributed by atoms with Crippen LogP contribution in [-0.2, 0) is 15.6 Å². The van der Waals surface area contributed by atoms with E-state index in [2.05, 4.69) is 121 Å². The van der Waals surface area contributed by atoms with Crippen molar-refractivity contribution in [2.45, 2.75) is 78.4 Å². The van der Waals surface area contributed by atoms with Gasteiger partial charge >= 0.3 is 5.97 Å². The highest BCUT2D eigenvalue weighted by atomic mass is 28.3. The van der Waals surface area contributed by atoms with Crippen LogP contribution in [0.25, 0.3) is 16.8 Å². The zero-order valence-corrected chi connectivity index (χ0v) is 26.2. The van der Waals surface area contributed by atoms with E-state index in [1.54, 1.807) is 0 Å². The molecule has 39 heavy (non-hydrogen) atoms. The molecule has 0 heterocycles. The van der Waals surface area contributed by atoms with Crippen molar-refractivity contribution in [3.05, 3.63) is 112 Å². The smallest absolute Gasteiger partial charge is 0.338 e. The topological polar surface area (TPSA) is 26.3 Å². The Morgan fingerprint density at radius 3 is 2.10 bits per heavy atom. The number of carbonyl (C=O) groups is 1. The summed E-state index contributed by atoms with van der Waals surface area (Å²) in [6, 6.07) is 24.0. The van der Waals surface area contributed by atoms with Gasteiger partial charge in [0.1, 0.15) is 0 Å². The van der Waals surface area contributed by atoms with Crippen LogP contribution in [-0.4, -0.2) is 20.7 Å². The normalized spacial score (nSPS) is 15.4. The van der Waals surface area contributed by atoms with Crippen LogP contribution in [0.3, 0.4) is 0 Å². The number of carbonyl (C=O) groups excluding carboxylic acids is 1. The molecule has 0 spiro atoms. The zero-order valence-electron chi connectivity index (χ0n) is 25.2. The molecule has 0 aliphatic heterocycles. The molecule has 0 saturated heterocycles. The first-order valence-corrected chi connectivity index (χ1v) is 17.7. The van der Waals surface area contributed by atoms with E-state index in [1.165, 1.54) is 44.2 Å². The van der Waals surface area contributed by atoms with Crippen molar-refractivity contribution >= 4 is 30.9 Å². The van der Waals surface area contributed by atoms with Gasteiger partial charge in [-0.25, -0.2) is 4.79 Å². The molecule has 3 aromatic carbocycles. The van der Waals surface area contributed by atoms with Crippen LogP contribution in [0.15, 0.2) is 72.8 Å². The second kappa shape index (κ2) is 10.8. The number of benzene rings is 3. The third-order valence-electron chi connectivity index (χ3n) is 7.77. The predicted octanol–water partition coefficient (Wildman–Crippen LogP) is 9.69. The Labute approximate surface area is 236 Å². The van der Waals surface area contributed by atoms with Gasteiger partial charge in [0.05, 0.1) is 20.2 Å². The number of rotatable bonds is 6. The summed E-state index contributed by atoms with van der Waals surface area (Å²) in [5, 5.41) is 1.37. The van der Waals surface area contributed by atoms with E-state index in [-0.39, 0.29) is 16.8 Å². The predicted molar refractivity (Wildman–Crippen MR) is 170 cm³/mol. The highest BCUT2D eigenvalue weighted by Gasteiger charge is 2.29. The molecule has 0 bridgehead atoms. The van der Waals surface area contributed by atoms with Crippen LogP contribution in [0.1, 0.15) is 91.7 Å². The van der Waals surface area contributed by atoms with Gasteiger partial charge in [0.2, 0.25) is 0 Å². The fourth-order valence-corrected chi connectivity index (χ4v) is 7.00. The van der Waals surface area contributed by atoms with Crippen LogP contribution >= 0.6 is 0 Å². The number of hydrogen-bond acceptors (Lipinski definition) is 2. The van der Waals surface area contributed by atoms with Crippen molar-refractivity contribution in [2.75, 3.05) is 6.61 Å². The fourth-order valence-electron chi connectivity index (χ4n) is 5.36. The SMILES string of the molecule is CCOC(=O)c1ccc(C(=Cc2ccc3c(c2)C(c2ccc(C(C)(C)C)cc2)=CCC3(C)C)[Si](C)(C)C)cc1. The molecule has 3 heteroatoms. The van der Waals surface area contributed by atoms with Gasteiger partial charge in [-0.05, 0) is 81.3 Å². The molecule has 3 aromatic rings. The van der Waals surface area contributed by atoms with Gasteiger partial charge in [0, 0.05) is 0 Å². The molecule has 0 aromatic heterocycles. The lowest BCUT2D eigenvalue weighted by Crippen LogP contribution is -2.23. The van der Waals surface area contributed by atoms with Crippen LogP contribution in [0.2, 0.25) is 19.6 Å². The quantitative estimate of drug-likeness (QED) is 0.178. The molecule has 4 rings (SSSR count). The minimum absolute atomic E-state index is 0.0942. The Kier molecular flexibility index (Phi) is 7.96. The summed E-state index contributed by atoms with van der Waals surface area (Å²) < 4.78 is 5.18. The van der Waals surface area contributed by atoms with E-state index in [0.717, 1.165) is 6.42 Å². The summed E-state index contributed by atoms with van der Waals surface area (Å²) >= 11 is 0. The van der Waals surface area contributed by atoms with Crippen LogP contribution in [0, 0.1) is 0 Å². The first kappa shape index (κ1) is 28.8. The Morgan fingerprint density at radius 2 is 1.54 bits per heavy atom. The molecular formula is C36H44O2Si. The molecule has 1 aliphatic carbocycles. The standard InChI is InChI=1S/C36H44O2Si/c1-10-38-34(37)28-14-12-27(13-15-28)33(39(7,8)9)24-25-11-20-32-31(23-25)30(21-22-36(32,5)6)26-16-18-29(19-17-26)35(2,3)4/h11-21,23-24H,10,22H2,1-9H3. The molecule has 0 N–H and O–H groups in total. The van der Waals surface area contributed by atoms with E-state index in [1.807, 2.05) is 19.1 Å². The molecule has 204 valence electrons. The second-order valence-electron chi connectivity index (χ2n) is 13.4. The van der Waals surface area contributed by atoms with Gasteiger partial charge in [0.15, 0.2) is 0 Å². The first-order chi connectivity index (χ1) is 18.2. The number of hydrogen-bond donors (Lipinski definition) is 0. The highest BCUT2D eigenvalue weighted by Crippen LogP contribution is 2.42. The molecule has 0 amide bonds. The van der Waals surface area contributed by atoms with E-state index in [0.29, 0.717) is 12.2 Å². The van der Waals surface area contributed by atoms with Gasteiger partial charge in [-0.1, -0.05) is 120 Å². The summed E-state index contributed by atoms with van der Waals surface area (Å²) in [5.74, 6) is -0.269. The molecule has 2 nitrogen and oxygen atoms in total. The van der Waals surface area contributed by atoms with E-state index in [9.17, 15) is 4.79 Å². The van der Waals surface area contributed by atoms with Gasteiger partial charge in [0.25, 0.3) is 0 Å². The molecule has 0 atom stereocenters. The van der Waals surface area contributed by atoms with Crippen molar-refractivity contribution in [1.29, 1.82) is 0 Å². The van der Waals surface area contributed by atoms with Gasteiger partial charge < -0.3 is 4.74 Å². The molecule has 0 saturated carbocycles. The number of allylic oxidation sites excluding steroid dienone is 1. The zero-order chi connectivity index (χ0) is 28.6. The average Bonchev–Trinajstić information content (AvgIpc) is 2.86. The number of esters is 1. The van der Waals surface area contributed by atoms with Crippen molar-refractivity contribution in [2.24, 2.45) is 0 Å². The average molecular weight is 537 g/mol. The molecule has 1 aliphatic rings. The maximum absolute atomic E-state index is 12.2. The van der Waals surface area contributed by atoms with Crippen LogP contribution < -0.4 is 0 Å². The number of fused-ring (bicyclic) bond motifs is 1. The first-order valence-electron chi connectivity index (χ1n) is 14.2.